The van der Waals surface area contributed by atoms with Crippen LogP contribution in [0, 0.1) is 0 Å². The van der Waals surface area contributed by atoms with E-state index in [0.29, 0.717) is 6.54 Å². The number of nitrogens with zero attached hydrogens (tertiary/aromatic N) is 2. The quantitative estimate of drug-likeness (QED) is 0.679. The minimum absolute atomic E-state index is 0. The summed E-state index contributed by atoms with van der Waals surface area (Å²) >= 11 is 0. The summed E-state index contributed by atoms with van der Waals surface area (Å²) in [4.78, 5) is 4.56. The van der Waals surface area contributed by atoms with Gasteiger partial charge >= 0.3 is 0 Å². The molecule has 2 unspecified atom stereocenters. The smallest absolute Gasteiger partial charge is 0.130 e. The average molecular weight is 400 g/mol. The molecule has 5 nitrogen and oxygen atoms in total. The van der Waals surface area contributed by atoms with Crippen molar-refractivity contribution in [1.82, 2.24) is 14.9 Å². The van der Waals surface area contributed by atoms with Gasteiger partial charge in [0.1, 0.15) is 23.4 Å². The first-order chi connectivity index (χ1) is 13.2. The van der Waals surface area contributed by atoms with E-state index in [1.54, 1.807) is 7.11 Å². The third-order valence-corrected chi connectivity index (χ3v) is 5.05. The Morgan fingerprint density at radius 2 is 2.07 bits per heavy atom. The molecular formula is C22H26ClN3O2. The van der Waals surface area contributed by atoms with Crippen LogP contribution in [0.3, 0.4) is 0 Å². The van der Waals surface area contributed by atoms with E-state index < -0.39 is 0 Å². The van der Waals surface area contributed by atoms with Gasteiger partial charge in [-0.05, 0) is 24.6 Å². The van der Waals surface area contributed by atoms with Crippen molar-refractivity contribution in [2.24, 2.45) is 7.05 Å². The maximum Gasteiger partial charge on any atom is 0.130 e. The van der Waals surface area contributed by atoms with Crippen LogP contribution in [0.4, 0.5) is 0 Å². The SMILES string of the molecule is COc1cc2c(cc1CNC(c1ccccc1)c1nccn1C)OC(C)C2.Cl. The lowest BCUT2D eigenvalue weighted by Gasteiger charge is -2.20. The molecule has 2 aromatic carbocycles. The first-order valence-corrected chi connectivity index (χ1v) is 9.27. The van der Waals surface area contributed by atoms with Gasteiger partial charge in [0.25, 0.3) is 0 Å². The highest BCUT2D eigenvalue weighted by Crippen LogP contribution is 2.35. The van der Waals surface area contributed by atoms with Crippen molar-refractivity contribution in [1.29, 1.82) is 0 Å². The molecule has 2 heterocycles. The van der Waals surface area contributed by atoms with E-state index >= 15 is 0 Å². The maximum absolute atomic E-state index is 5.93. The van der Waals surface area contributed by atoms with Crippen molar-refractivity contribution in [3.05, 3.63) is 77.4 Å². The highest BCUT2D eigenvalue weighted by atomic mass is 35.5. The molecule has 1 aromatic heterocycles. The topological polar surface area (TPSA) is 48.3 Å². The van der Waals surface area contributed by atoms with Gasteiger partial charge in [0.2, 0.25) is 0 Å². The fraction of sp³-hybridized carbons (Fsp3) is 0.318. The first kappa shape index (κ1) is 20.2. The lowest BCUT2D eigenvalue weighted by atomic mass is 10.0. The number of hydrogen-bond acceptors (Lipinski definition) is 4. The zero-order chi connectivity index (χ0) is 18.8. The third kappa shape index (κ3) is 4.01. The number of nitrogens with one attached hydrogen (secondary N) is 1. The van der Waals surface area contributed by atoms with Gasteiger partial charge in [-0.25, -0.2) is 4.98 Å². The summed E-state index contributed by atoms with van der Waals surface area (Å²) < 4.78 is 13.6. The minimum atomic E-state index is -0.0102. The van der Waals surface area contributed by atoms with Crippen molar-refractivity contribution < 1.29 is 9.47 Å². The van der Waals surface area contributed by atoms with Crippen LogP contribution >= 0.6 is 12.4 Å². The number of ether oxygens (including phenoxy) is 2. The number of benzene rings is 2. The van der Waals surface area contributed by atoms with Gasteiger partial charge in [0, 0.05) is 43.5 Å². The molecule has 0 saturated carbocycles. The van der Waals surface area contributed by atoms with E-state index in [-0.39, 0.29) is 24.6 Å². The lowest BCUT2D eigenvalue weighted by Crippen LogP contribution is -2.25. The first-order valence-electron chi connectivity index (χ1n) is 9.27. The molecule has 0 aliphatic carbocycles. The van der Waals surface area contributed by atoms with E-state index in [4.69, 9.17) is 9.47 Å². The molecule has 0 spiro atoms. The molecule has 28 heavy (non-hydrogen) atoms. The Balaban J connectivity index is 0.00000225. The molecule has 148 valence electrons. The average Bonchev–Trinajstić information content (AvgIpc) is 3.26. The zero-order valence-electron chi connectivity index (χ0n) is 16.4. The molecule has 1 N–H and O–H groups in total. The molecule has 0 fully saturated rings. The molecule has 6 heteroatoms. The predicted octanol–water partition coefficient (Wildman–Crippen LogP) is 4.05. The van der Waals surface area contributed by atoms with E-state index in [1.165, 1.54) is 11.1 Å². The van der Waals surface area contributed by atoms with Crippen molar-refractivity contribution in [2.75, 3.05) is 7.11 Å². The summed E-state index contributed by atoms with van der Waals surface area (Å²) in [6.45, 7) is 2.75. The second-order valence-electron chi connectivity index (χ2n) is 7.03. The largest absolute Gasteiger partial charge is 0.496 e. The predicted molar refractivity (Wildman–Crippen MR) is 112 cm³/mol. The molecule has 0 amide bonds. The Morgan fingerprint density at radius 1 is 1.29 bits per heavy atom. The molecule has 4 rings (SSSR count). The van der Waals surface area contributed by atoms with Gasteiger partial charge < -0.3 is 14.0 Å². The van der Waals surface area contributed by atoms with E-state index in [0.717, 1.165) is 29.3 Å². The Morgan fingerprint density at radius 3 is 2.75 bits per heavy atom. The fourth-order valence-corrected chi connectivity index (χ4v) is 3.68. The molecule has 2 atom stereocenters. The number of imidazole rings is 1. The van der Waals surface area contributed by atoms with Gasteiger partial charge in [0.05, 0.1) is 13.2 Å². The second kappa shape index (κ2) is 8.67. The van der Waals surface area contributed by atoms with E-state index in [2.05, 4.69) is 58.2 Å². The molecule has 3 aromatic rings. The lowest BCUT2D eigenvalue weighted by molar-refractivity contribution is 0.254. The fourth-order valence-electron chi connectivity index (χ4n) is 3.68. The monoisotopic (exact) mass is 399 g/mol. The van der Waals surface area contributed by atoms with Crippen molar-refractivity contribution in [2.45, 2.75) is 32.0 Å². The summed E-state index contributed by atoms with van der Waals surface area (Å²) in [7, 11) is 3.74. The standard InChI is InChI=1S/C22H25N3O2.ClH/c1-15-11-17-12-19(26-3)18(13-20(17)27-15)14-24-21(16-7-5-4-6-8-16)22-23-9-10-25(22)2;/h4-10,12-13,15,21,24H,11,14H2,1-3H3;1H. The molecule has 0 radical (unpaired) electrons. The second-order valence-corrected chi connectivity index (χ2v) is 7.03. The van der Waals surface area contributed by atoms with Crippen LogP contribution < -0.4 is 14.8 Å². The van der Waals surface area contributed by atoms with E-state index in [1.807, 2.05) is 25.5 Å². The van der Waals surface area contributed by atoms with Gasteiger partial charge in [-0.2, -0.15) is 0 Å². The van der Waals surface area contributed by atoms with Crippen LogP contribution in [0.25, 0.3) is 0 Å². The highest BCUT2D eigenvalue weighted by molar-refractivity contribution is 5.85. The maximum atomic E-state index is 5.93. The van der Waals surface area contributed by atoms with Crippen LogP contribution in [-0.4, -0.2) is 22.8 Å². The van der Waals surface area contributed by atoms with Crippen LogP contribution in [0.1, 0.15) is 35.5 Å². The van der Waals surface area contributed by atoms with Gasteiger partial charge in [-0.3, -0.25) is 5.32 Å². The van der Waals surface area contributed by atoms with Crippen molar-refractivity contribution >= 4 is 12.4 Å². The number of rotatable bonds is 6. The van der Waals surface area contributed by atoms with Gasteiger partial charge in [-0.15, -0.1) is 12.4 Å². The Hall–Kier alpha value is -2.50. The summed E-state index contributed by atoms with van der Waals surface area (Å²) in [6.07, 6.45) is 4.95. The Bertz CT molecular complexity index is 927. The summed E-state index contributed by atoms with van der Waals surface area (Å²) in [5.41, 5.74) is 3.48. The van der Waals surface area contributed by atoms with E-state index in [9.17, 15) is 0 Å². The van der Waals surface area contributed by atoms with Gasteiger partial charge in [0.15, 0.2) is 0 Å². The Kier molecular flexibility index (Phi) is 6.27. The third-order valence-electron chi connectivity index (χ3n) is 5.05. The minimum Gasteiger partial charge on any atom is -0.496 e. The number of aromatic nitrogens is 2. The number of methoxy groups -OCH3 is 1. The number of hydrogen-bond donors (Lipinski definition) is 1. The van der Waals surface area contributed by atoms with Crippen LogP contribution in [0.2, 0.25) is 0 Å². The van der Waals surface area contributed by atoms with Gasteiger partial charge in [-0.1, -0.05) is 30.3 Å². The molecule has 1 aliphatic rings. The number of aryl methyl sites for hydroxylation is 1. The van der Waals surface area contributed by atoms with Crippen molar-refractivity contribution in [3.8, 4) is 11.5 Å². The highest BCUT2D eigenvalue weighted by Gasteiger charge is 2.23. The molecule has 0 bridgehead atoms. The normalized spacial score (nSPS) is 16.0. The molecular weight excluding hydrogens is 374 g/mol. The summed E-state index contributed by atoms with van der Waals surface area (Å²) in [5.74, 6) is 2.84. The number of fused-ring (bicyclic) bond motifs is 1. The molecule has 1 aliphatic heterocycles. The molecule has 0 saturated heterocycles. The zero-order valence-corrected chi connectivity index (χ0v) is 17.2. The number of halogens is 1. The summed E-state index contributed by atoms with van der Waals surface area (Å²) in [5, 5.41) is 3.65. The van der Waals surface area contributed by atoms with Crippen molar-refractivity contribution in [3.63, 3.8) is 0 Å². The summed E-state index contributed by atoms with van der Waals surface area (Å²) in [6, 6.07) is 14.6. The van der Waals surface area contributed by atoms with Crippen LogP contribution in [0.15, 0.2) is 54.9 Å². The van der Waals surface area contributed by atoms with Crippen LogP contribution in [0.5, 0.6) is 11.5 Å². The van der Waals surface area contributed by atoms with Crippen LogP contribution in [-0.2, 0) is 20.0 Å². The Labute approximate surface area is 172 Å².